The summed E-state index contributed by atoms with van der Waals surface area (Å²) in [6.45, 7) is 20.6. The summed E-state index contributed by atoms with van der Waals surface area (Å²) >= 11 is 0. The van der Waals surface area contributed by atoms with Gasteiger partial charge in [-0.2, -0.15) is 0 Å². The first-order valence-corrected chi connectivity index (χ1v) is 16.8. The average Bonchev–Trinajstić information content (AvgIpc) is 3.33. The fourth-order valence-corrected chi connectivity index (χ4v) is 5.53. The summed E-state index contributed by atoms with van der Waals surface area (Å²) < 4.78 is 0. The van der Waals surface area contributed by atoms with Crippen molar-refractivity contribution in [3.8, 4) is 0 Å². The maximum Gasteiger partial charge on any atom is 0.239 e. The molecule has 5 unspecified atom stereocenters. The van der Waals surface area contributed by atoms with E-state index in [1.807, 2.05) is 88.2 Å². The Labute approximate surface area is 283 Å². The molecule has 0 radical (unpaired) electrons. The van der Waals surface area contributed by atoms with Crippen molar-refractivity contribution in [2.45, 2.75) is 104 Å². The highest BCUT2D eigenvalue weighted by molar-refractivity contribution is 5.83. The number of hydrogen-bond donors (Lipinski definition) is 4. The Balaban J connectivity index is 0.000000592. The maximum absolute atomic E-state index is 13.2. The number of nitrogens with zero attached hydrogens (tertiary/aromatic N) is 3. The van der Waals surface area contributed by atoms with Gasteiger partial charge in [0.25, 0.3) is 0 Å². The molecule has 9 heteroatoms. The van der Waals surface area contributed by atoms with Crippen LogP contribution in [0.5, 0.6) is 0 Å². The molecule has 2 fully saturated rings. The molecule has 2 aromatic rings. The fraction of sp³-hybridized carbons (Fsp3) is 0.553. The highest BCUT2D eigenvalue weighted by atomic mass is 16.3. The minimum absolute atomic E-state index is 0.0631. The van der Waals surface area contributed by atoms with Gasteiger partial charge >= 0.3 is 0 Å². The normalized spacial score (nSPS) is 21.6. The van der Waals surface area contributed by atoms with E-state index >= 15 is 0 Å². The number of piperazine rings is 1. The number of β-amino-alcohol motifs (C(OH)–C–C–N with tert-alkyl or cyclic N) is 1. The van der Waals surface area contributed by atoms with Crippen LogP contribution in [-0.4, -0.2) is 92.8 Å². The van der Waals surface area contributed by atoms with E-state index in [4.69, 9.17) is 0 Å². The maximum atomic E-state index is 13.2. The van der Waals surface area contributed by atoms with Crippen molar-refractivity contribution in [1.82, 2.24) is 25.4 Å². The van der Waals surface area contributed by atoms with Crippen LogP contribution in [0.15, 0.2) is 79.2 Å². The summed E-state index contributed by atoms with van der Waals surface area (Å²) in [6.07, 6.45) is 7.58. The van der Waals surface area contributed by atoms with Crippen molar-refractivity contribution in [1.29, 1.82) is 0 Å². The van der Waals surface area contributed by atoms with Gasteiger partial charge in [0.15, 0.2) is 0 Å². The van der Waals surface area contributed by atoms with Crippen molar-refractivity contribution >= 4 is 11.8 Å². The van der Waals surface area contributed by atoms with Crippen LogP contribution in [0.1, 0.15) is 71.9 Å². The molecule has 1 aliphatic carbocycles. The molecule has 9 nitrogen and oxygen atoms in total. The quantitative estimate of drug-likeness (QED) is 0.293. The average molecular weight is 650 g/mol. The smallest absolute Gasteiger partial charge is 0.239 e. The lowest BCUT2D eigenvalue weighted by Crippen LogP contribution is -2.61. The minimum Gasteiger partial charge on any atom is -0.392 e. The van der Waals surface area contributed by atoms with Gasteiger partial charge in [0, 0.05) is 56.6 Å². The van der Waals surface area contributed by atoms with Crippen LogP contribution in [0.2, 0.25) is 0 Å². The summed E-state index contributed by atoms with van der Waals surface area (Å²) in [5.41, 5.74) is 2.98. The molecule has 2 heterocycles. The number of aliphatic hydroxyl groups is 2. The third-order valence-electron chi connectivity index (χ3n) is 8.10. The first kappa shape index (κ1) is 39.8. The number of rotatable bonds is 9. The van der Waals surface area contributed by atoms with Crippen LogP contribution < -0.4 is 10.6 Å². The molecule has 0 bridgehead atoms. The highest BCUT2D eigenvalue weighted by Gasteiger charge is 2.36. The molecule has 2 amide bonds. The van der Waals surface area contributed by atoms with E-state index < -0.39 is 24.2 Å². The number of pyridine rings is 1. The summed E-state index contributed by atoms with van der Waals surface area (Å²) in [7, 11) is 0. The van der Waals surface area contributed by atoms with Gasteiger partial charge in [-0.1, -0.05) is 73.2 Å². The van der Waals surface area contributed by atoms with E-state index in [9.17, 15) is 19.8 Å². The van der Waals surface area contributed by atoms with Crippen molar-refractivity contribution in [2.24, 2.45) is 5.92 Å². The number of amides is 2. The van der Waals surface area contributed by atoms with Crippen molar-refractivity contribution in [2.75, 3.05) is 26.2 Å². The zero-order valence-electron chi connectivity index (χ0n) is 29.7. The first-order chi connectivity index (χ1) is 22.2. The van der Waals surface area contributed by atoms with Crippen LogP contribution in [-0.2, 0) is 16.1 Å². The second kappa shape index (κ2) is 20.1. The van der Waals surface area contributed by atoms with Gasteiger partial charge in [-0.25, -0.2) is 0 Å². The Bertz CT molecular complexity index is 1240. The fourth-order valence-electron chi connectivity index (χ4n) is 5.53. The minimum atomic E-state index is -0.760. The molecule has 4 N–H and O–H groups in total. The Kier molecular flexibility index (Phi) is 17.0. The van der Waals surface area contributed by atoms with Crippen LogP contribution >= 0.6 is 0 Å². The van der Waals surface area contributed by atoms with Gasteiger partial charge in [0.05, 0.1) is 18.2 Å². The molecule has 1 saturated carbocycles. The summed E-state index contributed by atoms with van der Waals surface area (Å²) in [5.74, 6) is -0.669. The number of aryl methyl sites for hydroxylation is 1. The van der Waals surface area contributed by atoms with Crippen LogP contribution in [0.4, 0.5) is 0 Å². The van der Waals surface area contributed by atoms with Gasteiger partial charge in [-0.3, -0.25) is 24.4 Å². The standard InChI is InChI=1S/C27H43N5O4.C7H8.C4H8/c1-18-11-22(24(34)12-18)29-25(35)19(2)13-21(33)16-32-10-9-31(15-20-7-6-8-28-14-20)17-23(32)26(36)30-27(3,4)5;1-7-5-3-2-4-6-7;1-3-4-2/h6-8,14,19,21-24,33-34H,1,9-13,15-17H2,2-5H3,(H,29,35)(H,30,36);2-6H,1H3;3-4H,1-2H3/b;;4-3-. The molecule has 1 aromatic heterocycles. The third kappa shape index (κ3) is 15.4. The Hall–Kier alpha value is -3.37. The largest absolute Gasteiger partial charge is 0.392 e. The number of carbonyl (C=O) groups excluding carboxylic acids is 2. The summed E-state index contributed by atoms with van der Waals surface area (Å²) in [4.78, 5) is 34.3. The zero-order chi connectivity index (χ0) is 35.0. The predicted molar refractivity (Wildman–Crippen MR) is 191 cm³/mol. The number of nitrogens with one attached hydrogen (secondary N) is 2. The number of benzene rings is 1. The number of hydrogen-bond acceptors (Lipinski definition) is 7. The van der Waals surface area contributed by atoms with Crippen molar-refractivity contribution in [3.05, 3.63) is 90.3 Å². The number of carbonyl (C=O) groups is 2. The molecule has 1 saturated heterocycles. The molecule has 4 rings (SSSR count). The van der Waals surface area contributed by atoms with Crippen LogP contribution in [0, 0.1) is 12.8 Å². The lowest BCUT2D eigenvalue weighted by atomic mass is 10.00. The SMILES string of the molecule is C/C=C\C.C=C1CC(O)C(NC(=O)C(C)CC(O)CN2CCN(Cc3cccnc3)CC2C(=O)NC(C)(C)C)C1.Cc1ccccc1. The molecular formula is C38H59N5O4. The van der Waals surface area contributed by atoms with E-state index in [1.165, 1.54) is 5.56 Å². The van der Waals surface area contributed by atoms with E-state index in [1.54, 1.807) is 13.1 Å². The molecular weight excluding hydrogens is 590 g/mol. The molecule has 0 spiro atoms. The summed E-state index contributed by atoms with van der Waals surface area (Å²) in [6, 6.07) is 13.5. The molecule has 1 aliphatic heterocycles. The number of aliphatic hydroxyl groups excluding tert-OH is 2. The van der Waals surface area contributed by atoms with Crippen LogP contribution in [0.25, 0.3) is 0 Å². The summed E-state index contributed by atoms with van der Waals surface area (Å²) in [5, 5.41) is 26.9. The van der Waals surface area contributed by atoms with Gasteiger partial charge in [0.1, 0.15) is 6.04 Å². The first-order valence-electron chi connectivity index (χ1n) is 16.8. The topological polar surface area (TPSA) is 118 Å². The highest BCUT2D eigenvalue weighted by Crippen LogP contribution is 2.24. The number of aromatic nitrogens is 1. The number of allylic oxidation sites excluding steroid dienone is 2. The monoisotopic (exact) mass is 649 g/mol. The zero-order valence-corrected chi connectivity index (χ0v) is 29.7. The van der Waals surface area contributed by atoms with E-state index in [-0.39, 0.29) is 29.8 Å². The van der Waals surface area contributed by atoms with Gasteiger partial charge < -0.3 is 20.8 Å². The van der Waals surface area contributed by atoms with Gasteiger partial charge in [0.2, 0.25) is 11.8 Å². The second-order valence-corrected chi connectivity index (χ2v) is 13.8. The Morgan fingerprint density at radius 2 is 1.77 bits per heavy atom. The molecule has 5 atom stereocenters. The van der Waals surface area contributed by atoms with E-state index in [0.717, 1.165) is 17.7 Å². The lowest BCUT2D eigenvalue weighted by Gasteiger charge is -2.42. The molecule has 2 aliphatic rings. The van der Waals surface area contributed by atoms with E-state index in [2.05, 4.69) is 46.2 Å². The Morgan fingerprint density at radius 1 is 1.09 bits per heavy atom. The third-order valence-corrected chi connectivity index (χ3v) is 8.10. The Morgan fingerprint density at radius 3 is 2.28 bits per heavy atom. The lowest BCUT2D eigenvalue weighted by molar-refractivity contribution is -0.132. The second-order valence-electron chi connectivity index (χ2n) is 13.8. The molecule has 1 aromatic carbocycles. The predicted octanol–water partition coefficient (Wildman–Crippen LogP) is 4.64. The van der Waals surface area contributed by atoms with Gasteiger partial charge in [-0.05, 0) is 72.4 Å². The molecule has 47 heavy (non-hydrogen) atoms. The van der Waals surface area contributed by atoms with Gasteiger partial charge in [-0.15, -0.1) is 0 Å². The van der Waals surface area contributed by atoms with Crippen molar-refractivity contribution < 1.29 is 19.8 Å². The molecule has 260 valence electrons. The van der Waals surface area contributed by atoms with Crippen molar-refractivity contribution in [3.63, 3.8) is 0 Å². The van der Waals surface area contributed by atoms with E-state index in [0.29, 0.717) is 39.0 Å². The van der Waals surface area contributed by atoms with Crippen LogP contribution in [0.3, 0.4) is 0 Å².